The fraction of sp³-hybridized carbons (Fsp3) is 0.250. The Hall–Kier alpha value is -0.710. The van der Waals surface area contributed by atoms with Crippen LogP contribution in [-0.4, -0.2) is 20.3 Å². The fourth-order valence-corrected chi connectivity index (χ4v) is 3.44. The van der Waals surface area contributed by atoms with Crippen LogP contribution in [0.1, 0.15) is 5.56 Å². The topological polar surface area (TPSA) is 21.3 Å². The van der Waals surface area contributed by atoms with Gasteiger partial charge in [0.2, 0.25) is 0 Å². The molecule has 0 aromatic heterocycles. The van der Waals surface area contributed by atoms with E-state index in [0.717, 1.165) is 31.9 Å². The van der Waals surface area contributed by atoms with Gasteiger partial charge < -0.3 is 10.1 Å². The Bertz CT molecular complexity index is 592. The summed E-state index contributed by atoms with van der Waals surface area (Å²) in [7, 11) is 1.69. The van der Waals surface area contributed by atoms with Crippen molar-refractivity contribution in [2.45, 2.75) is 16.3 Å². The van der Waals surface area contributed by atoms with Crippen molar-refractivity contribution in [3.63, 3.8) is 0 Å². The minimum absolute atomic E-state index is 0.682. The van der Waals surface area contributed by atoms with Gasteiger partial charge in [0, 0.05) is 40.0 Å². The summed E-state index contributed by atoms with van der Waals surface area (Å²) in [5, 5.41) is 4.84. The Morgan fingerprint density at radius 3 is 2.71 bits per heavy atom. The first-order valence-corrected chi connectivity index (χ1v) is 8.18. The number of hydrogen-bond donors (Lipinski definition) is 1. The molecule has 0 fully saturated rings. The standard InChI is InChI=1S/C16H17Cl2NOS/c1-20-9-8-19-11-14-15(18)6-3-7-16(14)21-13-5-2-4-12(17)10-13/h2-7,10,19H,8-9,11H2,1H3. The highest BCUT2D eigenvalue weighted by Gasteiger charge is 2.08. The molecule has 0 radical (unpaired) electrons. The Morgan fingerprint density at radius 1 is 1.14 bits per heavy atom. The summed E-state index contributed by atoms with van der Waals surface area (Å²) in [6, 6.07) is 13.8. The third kappa shape index (κ3) is 5.20. The van der Waals surface area contributed by atoms with Gasteiger partial charge in [-0.2, -0.15) is 0 Å². The number of hydrogen-bond acceptors (Lipinski definition) is 3. The van der Waals surface area contributed by atoms with Crippen molar-refractivity contribution in [3.05, 3.63) is 58.1 Å². The van der Waals surface area contributed by atoms with Crippen molar-refractivity contribution >= 4 is 35.0 Å². The molecule has 1 N–H and O–H groups in total. The highest BCUT2D eigenvalue weighted by Crippen LogP contribution is 2.34. The van der Waals surface area contributed by atoms with Crippen LogP contribution >= 0.6 is 35.0 Å². The SMILES string of the molecule is COCCNCc1c(Cl)cccc1Sc1cccc(Cl)c1. The second-order valence-corrected chi connectivity index (χ2v) is 6.40. The molecule has 21 heavy (non-hydrogen) atoms. The lowest BCUT2D eigenvalue weighted by atomic mass is 10.2. The highest BCUT2D eigenvalue weighted by molar-refractivity contribution is 7.99. The van der Waals surface area contributed by atoms with E-state index in [9.17, 15) is 0 Å². The predicted molar refractivity (Wildman–Crippen MR) is 90.6 cm³/mol. The van der Waals surface area contributed by atoms with Crippen LogP contribution < -0.4 is 5.32 Å². The van der Waals surface area contributed by atoms with E-state index in [2.05, 4.69) is 11.4 Å². The van der Waals surface area contributed by atoms with Crippen molar-refractivity contribution < 1.29 is 4.74 Å². The van der Waals surface area contributed by atoms with Gasteiger partial charge in [-0.1, -0.05) is 47.1 Å². The smallest absolute Gasteiger partial charge is 0.0587 e. The maximum Gasteiger partial charge on any atom is 0.0587 e. The number of halogens is 2. The van der Waals surface area contributed by atoms with Crippen LogP contribution in [0, 0.1) is 0 Å². The predicted octanol–water partition coefficient (Wildman–Crippen LogP) is 4.88. The van der Waals surface area contributed by atoms with Gasteiger partial charge >= 0.3 is 0 Å². The minimum Gasteiger partial charge on any atom is -0.383 e. The van der Waals surface area contributed by atoms with Gasteiger partial charge in [0.05, 0.1) is 6.61 Å². The molecule has 0 spiro atoms. The third-order valence-electron chi connectivity index (χ3n) is 2.88. The van der Waals surface area contributed by atoms with E-state index in [-0.39, 0.29) is 0 Å². The molecule has 0 unspecified atom stereocenters. The highest BCUT2D eigenvalue weighted by atomic mass is 35.5. The van der Waals surface area contributed by atoms with Crippen molar-refractivity contribution in [2.75, 3.05) is 20.3 Å². The lowest BCUT2D eigenvalue weighted by Gasteiger charge is -2.12. The molecule has 112 valence electrons. The van der Waals surface area contributed by atoms with Gasteiger partial charge in [-0.15, -0.1) is 0 Å². The van der Waals surface area contributed by atoms with E-state index in [1.165, 1.54) is 0 Å². The molecule has 0 aliphatic heterocycles. The molecule has 5 heteroatoms. The summed E-state index contributed by atoms with van der Waals surface area (Å²) >= 11 is 14.0. The van der Waals surface area contributed by atoms with Crippen LogP contribution in [0.25, 0.3) is 0 Å². The molecule has 0 amide bonds. The van der Waals surface area contributed by atoms with E-state index >= 15 is 0 Å². The third-order valence-corrected chi connectivity index (χ3v) is 4.57. The van der Waals surface area contributed by atoms with Crippen LogP contribution in [0.3, 0.4) is 0 Å². The number of rotatable bonds is 7. The number of methoxy groups -OCH3 is 1. The minimum atomic E-state index is 0.682. The van der Waals surface area contributed by atoms with Gasteiger partial charge in [0.1, 0.15) is 0 Å². The molecule has 0 atom stereocenters. The van der Waals surface area contributed by atoms with E-state index in [4.69, 9.17) is 27.9 Å². The maximum absolute atomic E-state index is 6.33. The summed E-state index contributed by atoms with van der Waals surface area (Å²) in [5.41, 5.74) is 1.10. The molecule has 0 aliphatic rings. The number of nitrogens with one attached hydrogen (secondary N) is 1. The molecule has 0 saturated carbocycles. The largest absolute Gasteiger partial charge is 0.383 e. The van der Waals surface area contributed by atoms with Crippen LogP contribution in [0.15, 0.2) is 52.3 Å². The van der Waals surface area contributed by atoms with Crippen molar-refractivity contribution in [1.82, 2.24) is 5.32 Å². The van der Waals surface area contributed by atoms with Crippen LogP contribution in [0.5, 0.6) is 0 Å². The first kappa shape index (κ1) is 16.7. The van der Waals surface area contributed by atoms with Gasteiger partial charge in [0.15, 0.2) is 0 Å². The molecule has 0 bridgehead atoms. The normalized spacial score (nSPS) is 10.8. The molecule has 0 aliphatic carbocycles. The molecular formula is C16H17Cl2NOS. The summed E-state index contributed by atoms with van der Waals surface area (Å²) < 4.78 is 5.03. The van der Waals surface area contributed by atoms with E-state index in [0.29, 0.717) is 13.2 Å². The molecule has 2 aromatic rings. The van der Waals surface area contributed by atoms with E-state index in [1.54, 1.807) is 18.9 Å². The summed E-state index contributed by atoms with van der Waals surface area (Å²) in [6.07, 6.45) is 0. The first-order valence-electron chi connectivity index (χ1n) is 6.61. The second-order valence-electron chi connectivity index (χ2n) is 4.45. The summed E-state index contributed by atoms with van der Waals surface area (Å²) in [4.78, 5) is 2.23. The summed E-state index contributed by atoms with van der Waals surface area (Å²) in [6.45, 7) is 2.19. The molecule has 2 aromatic carbocycles. The van der Waals surface area contributed by atoms with Crippen molar-refractivity contribution in [2.24, 2.45) is 0 Å². The molecular weight excluding hydrogens is 325 g/mol. The lowest BCUT2D eigenvalue weighted by molar-refractivity contribution is 0.199. The molecule has 0 heterocycles. The monoisotopic (exact) mass is 341 g/mol. The van der Waals surface area contributed by atoms with E-state index in [1.807, 2.05) is 36.4 Å². The second kappa shape index (κ2) is 8.66. The average molecular weight is 342 g/mol. The van der Waals surface area contributed by atoms with Gasteiger partial charge in [0.25, 0.3) is 0 Å². The molecule has 2 nitrogen and oxygen atoms in total. The van der Waals surface area contributed by atoms with E-state index < -0.39 is 0 Å². The summed E-state index contributed by atoms with van der Waals surface area (Å²) in [5.74, 6) is 0. The van der Waals surface area contributed by atoms with Crippen LogP contribution in [0.4, 0.5) is 0 Å². The van der Waals surface area contributed by atoms with Gasteiger partial charge in [-0.05, 0) is 35.9 Å². The van der Waals surface area contributed by atoms with Crippen LogP contribution in [0.2, 0.25) is 10.0 Å². The lowest BCUT2D eigenvalue weighted by Crippen LogP contribution is -2.19. The number of ether oxygens (including phenoxy) is 1. The Balaban J connectivity index is 2.13. The fourth-order valence-electron chi connectivity index (χ4n) is 1.85. The van der Waals surface area contributed by atoms with Gasteiger partial charge in [-0.3, -0.25) is 0 Å². The van der Waals surface area contributed by atoms with Crippen LogP contribution in [-0.2, 0) is 11.3 Å². The average Bonchev–Trinajstić information content (AvgIpc) is 2.46. The Labute approximate surface area is 139 Å². The molecule has 2 rings (SSSR count). The quantitative estimate of drug-likeness (QED) is 0.725. The first-order chi connectivity index (χ1) is 10.2. The zero-order chi connectivity index (χ0) is 15.1. The zero-order valence-electron chi connectivity index (χ0n) is 11.7. The van der Waals surface area contributed by atoms with Crippen molar-refractivity contribution in [3.8, 4) is 0 Å². The zero-order valence-corrected chi connectivity index (χ0v) is 14.1. The Morgan fingerprint density at radius 2 is 1.95 bits per heavy atom. The molecule has 0 saturated heterocycles. The maximum atomic E-state index is 6.33. The van der Waals surface area contributed by atoms with Crippen molar-refractivity contribution in [1.29, 1.82) is 0 Å². The number of benzene rings is 2. The van der Waals surface area contributed by atoms with Gasteiger partial charge in [-0.25, -0.2) is 0 Å². The Kier molecular flexibility index (Phi) is 6.87.